The molecule has 0 amide bonds. The van der Waals surface area contributed by atoms with E-state index in [2.05, 4.69) is 15.0 Å². The Morgan fingerprint density at radius 2 is 2.27 bits per heavy atom. The zero-order valence-electron chi connectivity index (χ0n) is 11.9. The molecule has 0 aliphatic rings. The molecule has 0 aliphatic carbocycles. The van der Waals surface area contributed by atoms with Gasteiger partial charge in [0, 0.05) is 23.3 Å². The number of hydrogen-bond acceptors (Lipinski definition) is 4. The second kappa shape index (κ2) is 5.93. The van der Waals surface area contributed by atoms with Crippen LogP contribution in [0.5, 0.6) is 0 Å². The van der Waals surface area contributed by atoms with Crippen LogP contribution >= 0.6 is 0 Å². The van der Waals surface area contributed by atoms with Crippen LogP contribution in [0.1, 0.15) is 34.8 Å². The van der Waals surface area contributed by atoms with Crippen molar-refractivity contribution in [1.82, 2.24) is 15.0 Å². The van der Waals surface area contributed by atoms with Crippen LogP contribution in [0.25, 0.3) is 10.9 Å². The van der Waals surface area contributed by atoms with Gasteiger partial charge in [-0.3, -0.25) is 9.97 Å². The molecule has 3 rings (SSSR count). The normalized spacial score (nSPS) is 12.3. The summed E-state index contributed by atoms with van der Waals surface area (Å²) in [5.74, 6) is -0.459. The minimum Gasteiger partial charge on any atom is -0.461 e. The molecule has 1 N–H and O–H groups in total. The van der Waals surface area contributed by atoms with Gasteiger partial charge in [0.2, 0.25) is 0 Å². The number of ether oxygens (including phenoxy) is 1. The summed E-state index contributed by atoms with van der Waals surface area (Å²) < 4.78 is 19.7. The predicted molar refractivity (Wildman–Crippen MR) is 79.2 cm³/mol. The largest absolute Gasteiger partial charge is 0.461 e. The van der Waals surface area contributed by atoms with Crippen molar-refractivity contribution in [2.75, 3.05) is 6.61 Å². The number of halogens is 1. The Morgan fingerprint density at radius 3 is 3.00 bits per heavy atom. The first-order valence-corrected chi connectivity index (χ1v) is 6.89. The van der Waals surface area contributed by atoms with Gasteiger partial charge in [-0.25, -0.2) is 9.18 Å². The summed E-state index contributed by atoms with van der Waals surface area (Å²) in [7, 11) is 0. The lowest BCUT2D eigenvalue weighted by Crippen LogP contribution is -2.04. The van der Waals surface area contributed by atoms with Crippen molar-refractivity contribution in [3.05, 3.63) is 59.8 Å². The molecule has 2 heterocycles. The first-order valence-electron chi connectivity index (χ1n) is 6.89. The number of benzene rings is 1. The number of nitrogens with one attached hydrogen (secondary N) is 1. The van der Waals surface area contributed by atoms with Crippen LogP contribution in [-0.4, -0.2) is 27.5 Å². The molecule has 6 heteroatoms. The van der Waals surface area contributed by atoms with Crippen molar-refractivity contribution in [1.29, 1.82) is 0 Å². The van der Waals surface area contributed by atoms with E-state index in [1.807, 2.05) is 0 Å². The van der Waals surface area contributed by atoms with Gasteiger partial charge >= 0.3 is 5.97 Å². The van der Waals surface area contributed by atoms with Gasteiger partial charge < -0.3 is 9.72 Å². The number of H-pyrrole nitrogens is 1. The number of carbonyl (C=O) groups is 1. The average molecular weight is 299 g/mol. The van der Waals surface area contributed by atoms with E-state index in [1.165, 1.54) is 18.6 Å². The third kappa shape index (κ3) is 2.55. The molecular formula is C16H14FN3O2. The van der Waals surface area contributed by atoms with Gasteiger partial charge in [-0.1, -0.05) is 18.2 Å². The molecule has 0 saturated heterocycles. The molecule has 0 aliphatic heterocycles. The predicted octanol–water partition coefficient (Wildman–Crippen LogP) is 3.19. The van der Waals surface area contributed by atoms with Gasteiger partial charge in [-0.2, -0.15) is 0 Å². The Balaban J connectivity index is 2.05. The minimum absolute atomic E-state index is 0.224. The van der Waals surface area contributed by atoms with Crippen molar-refractivity contribution in [3.63, 3.8) is 0 Å². The first-order chi connectivity index (χ1) is 10.7. The molecule has 0 radical (unpaired) electrons. The second-order valence-electron chi connectivity index (χ2n) is 4.71. The molecule has 5 nitrogen and oxygen atoms in total. The van der Waals surface area contributed by atoms with Crippen LogP contribution in [0.4, 0.5) is 4.39 Å². The van der Waals surface area contributed by atoms with Crippen LogP contribution in [0.15, 0.2) is 42.9 Å². The number of para-hydroxylation sites is 1. The van der Waals surface area contributed by atoms with E-state index in [9.17, 15) is 9.18 Å². The van der Waals surface area contributed by atoms with E-state index < -0.39 is 12.1 Å². The van der Waals surface area contributed by atoms with E-state index >= 15 is 0 Å². The first kappa shape index (κ1) is 14.2. The van der Waals surface area contributed by atoms with Crippen LogP contribution in [0.3, 0.4) is 0 Å². The summed E-state index contributed by atoms with van der Waals surface area (Å²) in [4.78, 5) is 22.6. The maximum absolute atomic E-state index is 14.7. The lowest BCUT2D eigenvalue weighted by Gasteiger charge is -2.08. The fourth-order valence-corrected chi connectivity index (χ4v) is 2.31. The Labute approximate surface area is 126 Å². The zero-order valence-corrected chi connectivity index (χ0v) is 11.9. The molecule has 112 valence electrons. The number of alkyl halides is 1. The number of hydrogen-bond donors (Lipinski definition) is 1. The Morgan fingerprint density at radius 1 is 1.41 bits per heavy atom. The maximum Gasteiger partial charge on any atom is 0.354 e. The molecule has 3 aromatic rings. The van der Waals surface area contributed by atoms with Crippen molar-refractivity contribution >= 4 is 16.9 Å². The number of fused-ring (bicyclic) bond motifs is 1. The molecule has 1 unspecified atom stereocenters. The highest BCUT2D eigenvalue weighted by Crippen LogP contribution is 2.30. The number of aromatic nitrogens is 3. The summed E-state index contributed by atoms with van der Waals surface area (Å²) in [5, 5.41) is 0.743. The van der Waals surface area contributed by atoms with Crippen LogP contribution < -0.4 is 0 Å². The highest BCUT2D eigenvalue weighted by Gasteiger charge is 2.19. The van der Waals surface area contributed by atoms with E-state index in [-0.39, 0.29) is 12.3 Å². The number of esters is 1. The number of carbonyl (C=O) groups excluding carboxylic acids is 1. The van der Waals surface area contributed by atoms with Crippen LogP contribution in [0.2, 0.25) is 0 Å². The van der Waals surface area contributed by atoms with E-state index in [4.69, 9.17) is 4.74 Å². The SMILES string of the molecule is CCOC(=O)c1cc2cccc(C(F)c3cnccn3)c2[nH]1. The number of rotatable bonds is 4. The Hall–Kier alpha value is -2.76. The fourth-order valence-electron chi connectivity index (χ4n) is 2.31. The summed E-state index contributed by atoms with van der Waals surface area (Å²) >= 11 is 0. The third-order valence-electron chi connectivity index (χ3n) is 3.30. The molecule has 1 atom stereocenters. The maximum atomic E-state index is 14.7. The molecular weight excluding hydrogens is 285 g/mol. The zero-order chi connectivity index (χ0) is 15.5. The van der Waals surface area contributed by atoms with Gasteiger partial charge in [-0.05, 0) is 13.0 Å². The topological polar surface area (TPSA) is 67.9 Å². The fraction of sp³-hybridized carbons (Fsp3) is 0.188. The van der Waals surface area contributed by atoms with Crippen molar-refractivity contribution in [2.24, 2.45) is 0 Å². The summed E-state index contributed by atoms with van der Waals surface area (Å²) in [5.41, 5.74) is 1.50. The van der Waals surface area contributed by atoms with Crippen LogP contribution in [0, 0.1) is 0 Å². The molecule has 1 aromatic carbocycles. The Bertz CT molecular complexity index is 802. The monoisotopic (exact) mass is 299 g/mol. The van der Waals surface area contributed by atoms with Crippen molar-refractivity contribution < 1.29 is 13.9 Å². The van der Waals surface area contributed by atoms with E-state index in [1.54, 1.807) is 31.2 Å². The highest BCUT2D eigenvalue weighted by atomic mass is 19.1. The molecule has 0 bridgehead atoms. The standard InChI is InChI=1S/C16H14FN3O2/c1-2-22-16(21)12-8-10-4-3-5-11(15(10)20-12)14(17)13-9-18-6-7-19-13/h3-9,14,20H,2H2,1H3. The molecule has 2 aromatic heterocycles. The Kier molecular flexibility index (Phi) is 3.82. The van der Waals surface area contributed by atoms with E-state index in [0.717, 1.165) is 5.39 Å². The number of aromatic amines is 1. The lowest BCUT2D eigenvalue weighted by molar-refractivity contribution is 0.0520. The van der Waals surface area contributed by atoms with E-state index in [0.29, 0.717) is 16.8 Å². The van der Waals surface area contributed by atoms with Crippen molar-refractivity contribution in [3.8, 4) is 0 Å². The van der Waals surface area contributed by atoms with Gasteiger partial charge in [0.15, 0.2) is 6.17 Å². The smallest absolute Gasteiger partial charge is 0.354 e. The molecule has 22 heavy (non-hydrogen) atoms. The van der Waals surface area contributed by atoms with Crippen LogP contribution in [-0.2, 0) is 4.74 Å². The van der Waals surface area contributed by atoms with Gasteiger partial charge in [0.1, 0.15) is 5.69 Å². The minimum atomic E-state index is -1.42. The average Bonchev–Trinajstić information content (AvgIpc) is 2.99. The van der Waals surface area contributed by atoms with Gasteiger partial charge in [0.05, 0.1) is 24.0 Å². The quantitative estimate of drug-likeness (QED) is 0.751. The third-order valence-corrected chi connectivity index (χ3v) is 3.30. The lowest BCUT2D eigenvalue weighted by atomic mass is 10.1. The molecule has 0 saturated carbocycles. The van der Waals surface area contributed by atoms with Gasteiger partial charge in [0.25, 0.3) is 0 Å². The molecule has 0 spiro atoms. The summed E-state index contributed by atoms with van der Waals surface area (Å²) in [6, 6.07) is 6.86. The molecule has 0 fully saturated rings. The summed E-state index contributed by atoms with van der Waals surface area (Å²) in [6.45, 7) is 2.02. The summed E-state index contributed by atoms with van der Waals surface area (Å²) in [6.07, 6.45) is 2.90. The van der Waals surface area contributed by atoms with Gasteiger partial charge in [-0.15, -0.1) is 0 Å². The highest BCUT2D eigenvalue weighted by molar-refractivity contribution is 5.96. The number of nitrogens with zero attached hydrogens (tertiary/aromatic N) is 2. The van der Waals surface area contributed by atoms with Crippen molar-refractivity contribution in [2.45, 2.75) is 13.1 Å². The second-order valence-corrected chi connectivity index (χ2v) is 4.71.